The van der Waals surface area contributed by atoms with Crippen molar-refractivity contribution < 1.29 is 9.59 Å². The van der Waals surface area contributed by atoms with Gasteiger partial charge in [0.25, 0.3) is 0 Å². The number of anilines is 1. The molecule has 2 fully saturated rings. The SMILES string of the molecule is CCNC(=NCC(=O)NC1CC1)NC1CC(=O)N(c2ccccc2)C1. The van der Waals surface area contributed by atoms with Crippen LogP contribution < -0.4 is 20.9 Å². The van der Waals surface area contributed by atoms with E-state index >= 15 is 0 Å². The molecule has 0 spiro atoms. The molecule has 1 saturated carbocycles. The van der Waals surface area contributed by atoms with Crippen LogP contribution in [0.25, 0.3) is 0 Å². The Hall–Kier alpha value is -2.57. The second kappa shape index (κ2) is 8.00. The molecule has 7 nitrogen and oxygen atoms in total. The summed E-state index contributed by atoms with van der Waals surface area (Å²) >= 11 is 0. The van der Waals surface area contributed by atoms with Crippen LogP contribution in [0.15, 0.2) is 35.3 Å². The summed E-state index contributed by atoms with van der Waals surface area (Å²) in [4.78, 5) is 30.2. The van der Waals surface area contributed by atoms with Crippen molar-refractivity contribution in [3.05, 3.63) is 30.3 Å². The number of aliphatic imine (C=N–C) groups is 1. The highest BCUT2D eigenvalue weighted by Gasteiger charge is 2.31. The molecule has 1 aromatic carbocycles. The minimum absolute atomic E-state index is 0.0306. The summed E-state index contributed by atoms with van der Waals surface area (Å²) in [5, 5.41) is 9.32. The van der Waals surface area contributed by atoms with E-state index < -0.39 is 0 Å². The van der Waals surface area contributed by atoms with Crippen LogP contribution in [0.3, 0.4) is 0 Å². The van der Waals surface area contributed by atoms with Gasteiger partial charge in [-0.15, -0.1) is 0 Å². The predicted molar refractivity (Wildman–Crippen MR) is 97.5 cm³/mol. The van der Waals surface area contributed by atoms with E-state index in [2.05, 4.69) is 20.9 Å². The first kappa shape index (κ1) is 17.3. The lowest BCUT2D eigenvalue weighted by Crippen LogP contribution is -2.45. The van der Waals surface area contributed by atoms with Gasteiger partial charge in [-0.1, -0.05) is 18.2 Å². The third-order valence-corrected chi connectivity index (χ3v) is 4.20. The topological polar surface area (TPSA) is 85.8 Å². The predicted octanol–water partition coefficient (Wildman–Crippen LogP) is 0.626. The summed E-state index contributed by atoms with van der Waals surface area (Å²) in [5.74, 6) is 0.597. The van der Waals surface area contributed by atoms with Crippen molar-refractivity contribution in [2.75, 3.05) is 24.5 Å². The third kappa shape index (κ3) is 4.95. The van der Waals surface area contributed by atoms with Gasteiger partial charge in [-0.25, -0.2) is 4.99 Å². The molecule has 1 atom stereocenters. The molecule has 7 heteroatoms. The Morgan fingerprint density at radius 3 is 2.64 bits per heavy atom. The van der Waals surface area contributed by atoms with Crippen LogP contribution >= 0.6 is 0 Å². The maximum Gasteiger partial charge on any atom is 0.242 e. The highest BCUT2D eigenvalue weighted by atomic mass is 16.2. The molecule has 3 N–H and O–H groups in total. The van der Waals surface area contributed by atoms with Gasteiger partial charge in [-0.2, -0.15) is 0 Å². The van der Waals surface area contributed by atoms with E-state index in [4.69, 9.17) is 0 Å². The Balaban J connectivity index is 1.56. The van der Waals surface area contributed by atoms with Crippen LogP contribution in [0.4, 0.5) is 5.69 Å². The lowest BCUT2D eigenvalue weighted by molar-refractivity contribution is -0.120. The number of carbonyl (C=O) groups excluding carboxylic acids is 2. The van der Waals surface area contributed by atoms with E-state index in [0.29, 0.717) is 31.5 Å². The molecular weight excluding hydrogens is 318 g/mol. The van der Waals surface area contributed by atoms with Gasteiger partial charge < -0.3 is 20.9 Å². The second-order valence-electron chi connectivity index (χ2n) is 6.42. The van der Waals surface area contributed by atoms with Gasteiger partial charge in [0.05, 0.1) is 6.04 Å². The zero-order valence-electron chi connectivity index (χ0n) is 14.5. The van der Waals surface area contributed by atoms with Crippen molar-refractivity contribution in [2.45, 2.75) is 38.3 Å². The van der Waals surface area contributed by atoms with Crippen molar-refractivity contribution >= 4 is 23.5 Å². The summed E-state index contributed by atoms with van der Waals surface area (Å²) in [6.07, 6.45) is 2.54. The highest BCUT2D eigenvalue weighted by Crippen LogP contribution is 2.21. The van der Waals surface area contributed by atoms with Crippen molar-refractivity contribution in [3.63, 3.8) is 0 Å². The van der Waals surface area contributed by atoms with Gasteiger partial charge in [0.2, 0.25) is 11.8 Å². The Bertz CT molecular complexity index is 642. The molecule has 1 aliphatic heterocycles. The van der Waals surface area contributed by atoms with E-state index in [-0.39, 0.29) is 24.4 Å². The van der Waals surface area contributed by atoms with Crippen LogP contribution in [0, 0.1) is 0 Å². The summed E-state index contributed by atoms with van der Waals surface area (Å²) in [6.45, 7) is 3.34. The smallest absolute Gasteiger partial charge is 0.242 e. The molecule has 2 aliphatic rings. The first-order valence-electron chi connectivity index (χ1n) is 8.85. The number of para-hydroxylation sites is 1. The first-order chi connectivity index (χ1) is 12.2. The van der Waals surface area contributed by atoms with E-state index in [1.165, 1.54) is 0 Å². The van der Waals surface area contributed by atoms with Gasteiger partial charge in [0.15, 0.2) is 5.96 Å². The van der Waals surface area contributed by atoms with Gasteiger partial charge in [-0.3, -0.25) is 9.59 Å². The summed E-state index contributed by atoms with van der Waals surface area (Å²) in [5.41, 5.74) is 0.905. The number of hydrogen-bond acceptors (Lipinski definition) is 3. The van der Waals surface area contributed by atoms with Crippen molar-refractivity contribution in [1.29, 1.82) is 0 Å². The summed E-state index contributed by atoms with van der Waals surface area (Å²) in [6, 6.07) is 9.95. The van der Waals surface area contributed by atoms with Gasteiger partial charge >= 0.3 is 0 Å². The Labute approximate surface area is 147 Å². The largest absolute Gasteiger partial charge is 0.357 e. The first-order valence-corrected chi connectivity index (χ1v) is 8.85. The molecule has 1 unspecified atom stereocenters. The number of guanidine groups is 1. The Morgan fingerprint density at radius 1 is 1.20 bits per heavy atom. The number of nitrogens with one attached hydrogen (secondary N) is 3. The fourth-order valence-corrected chi connectivity index (χ4v) is 2.83. The van der Waals surface area contributed by atoms with E-state index in [1.807, 2.05) is 37.3 Å². The standard InChI is InChI=1S/C18H25N5O2/c1-2-19-18(20-11-16(24)21-13-8-9-13)22-14-10-17(25)23(12-14)15-6-4-3-5-7-15/h3-7,13-14H,2,8-12H2,1H3,(H,21,24)(H2,19,20,22). The molecule has 3 rings (SSSR count). The van der Waals surface area contributed by atoms with Gasteiger partial charge in [-0.05, 0) is 31.9 Å². The highest BCUT2D eigenvalue weighted by molar-refractivity contribution is 5.97. The average Bonchev–Trinajstić information content (AvgIpc) is 3.34. The zero-order valence-corrected chi connectivity index (χ0v) is 14.5. The molecule has 25 heavy (non-hydrogen) atoms. The van der Waals surface area contributed by atoms with Gasteiger partial charge in [0, 0.05) is 31.2 Å². The fraction of sp³-hybridized carbons (Fsp3) is 0.500. The van der Waals surface area contributed by atoms with Crippen molar-refractivity contribution in [3.8, 4) is 0 Å². The maximum absolute atomic E-state index is 12.3. The number of rotatable bonds is 6. The van der Waals surface area contributed by atoms with E-state index in [1.54, 1.807) is 4.90 Å². The Morgan fingerprint density at radius 2 is 1.96 bits per heavy atom. The Kier molecular flexibility index (Phi) is 5.53. The number of hydrogen-bond donors (Lipinski definition) is 3. The molecule has 1 aliphatic carbocycles. The number of amides is 2. The normalized spacial score (nSPS) is 20.5. The second-order valence-corrected chi connectivity index (χ2v) is 6.42. The lowest BCUT2D eigenvalue weighted by atomic mass is 10.2. The molecular formula is C18H25N5O2. The fourth-order valence-electron chi connectivity index (χ4n) is 2.83. The quantitative estimate of drug-likeness (QED) is 0.522. The van der Waals surface area contributed by atoms with Gasteiger partial charge in [0.1, 0.15) is 6.54 Å². The molecule has 1 heterocycles. The van der Waals surface area contributed by atoms with Crippen LogP contribution in [-0.4, -0.2) is 49.5 Å². The van der Waals surface area contributed by atoms with Crippen LogP contribution in [-0.2, 0) is 9.59 Å². The van der Waals surface area contributed by atoms with Crippen LogP contribution in [0.5, 0.6) is 0 Å². The average molecular weight is 343 g/mol. The molecule has 1 saturated heterocycles. The lowest BCUT2D eigenvalue weighted by Gasteiger charge is -2.19. The minimum atomic E-state index is -0.0619. The molecule has 134 valence electrons. The number of benzene rings is 1. The monoisotopic (exact) mass is 343 g/mol. The zero-order chi connectivity index (χ0) is 17.6. The summed E-state index contributed by atoms with van der Waals surface area (Å²) in [7, 11) is 0. The van der Waals surface area contributed by atoms with E-state index in [0.717, 1.165) is 18.5 Å². The molecule has 1 aromatic rings. The number of carbonyl (C=O) groups is 2. The van der Waals surface area contributed by atoms with Crippen molar-refractivity contribution in [1.82, 2.24) is 16.0 Å². The van der Waals surface area contributed by atoms with Crippen molar-refractivity contribution in [2.24, 2.45) is 4.99 Å². The maximum atomic E-state index is 12.3. The molecule has 0 radical (unpaired) electrons. The minimum Gasteiger partial charge on any atom is -0.357 e. The molecule has 0 aromatic heterocycles. The summed E-state index contributed by atoms with van der Waals surface area (Å²) < 4.78 is 0. The number of nitrogens with zero attached hydrogens (tertiary/aromatic N) is 2. The van der Waals surface area contributed by atoms with Crippen LogP contribution in [0.1, 0.15) is 26.2 Å². The van der Waals surface area contributed by atoms with E-state index in [9.17, 15) is 9.59 Å². The third-order valence-electron chi connectivity index (χ3n) is 4.20. The molecule has 2 amide bonds. The molecule has 0 bridgehead atoms. The van der Waals surface area contributed by atoms with Crippen LogP contribution in [0.2, 0.25) is 0 Å².